The van der Waals surface area contributed by atoms with Crippen LogP contribution >= 0.6 is 0 Å². The summed E-state index contributed by atoms with van der Waals surface area (Å²) in [5.74, 6) is -0.238. The zero-order valence-corrected chi connectivity index (χ0v) is 17.4. The number of benzene rings is 2. The molecular formula is C23H27N5O. The van der Waals surface area contributed by atoms with Crippen LogP contribution in [0.15, 0.2) is 59.7 Å². The summed E-state index contributed by atoms with van der Waals surface area (Å²) in [6.07, 6.45) is 1.65. The van der Waals surface area contributed by atoms with Crippen molar-refractivity contribution in [3.05, 3.63) is 77.1 Å². The van der Waals surface area contributed by atoms with Crippen molar-refractivity contribution in [2.24, 2.45) is 5.10 Å². The summed E-state index contributed by atoms with van der Waals surface area (Å²) < 4.78 is 1.88. The quantitative estimate of drug-likeness (QED) is 0.489. The molecule has 1 N–H and O–H groups in total. The number of rotatable bonds is 7. The number of hydrogen-bond donors (Lipinski definition) is 1. The molecule has 1 amide bonds. The lowest BCUT2D eigenvalue weighted by atomic mass is 10.2. The van der Waals surface area contributed by atoms with Crippen LogP contribution in [0, 0.1) is 13.8 Å². The van der Waals surface area contributed by atoms with Crippen LogP contribution in [-0.4, -0.2) is 35.0 Å². The summed E-state index contributed by atoms with van der Waals surface area (Å²) in [4.78, 5) is 14.6. The number of nitrogens with zero attached hydrogens (tertiary/aromatic N) is 4. The lowest BCUT2D eigenvalue weighted by Gasteiger charge is -2.20. The second-order valence-electron chi connectivity index (χ2n) is 6.75. The van der Waals surface area contributed by atoms with Crippen molar-refractivity contribution >= 4 is 17.8 Å². The van der Waals surface area contributed by atoms with Crippen LogP contribution in [0.1, 0.15) is 41.2 Å². The Morgan fingerprint density at radius 2 is 1.72 bits per heavy atom. The molecule has 0 aliphatic rings. The molecule has 0 aliphatic carbocycles. The number of aryl methyl sites for hydroxylation is 1. The second kappa shape index (κ2) is 9.19. The maximum absolute atomic E-state index is 12.4. The van der Waals surface area contributed by atoms with E-state index in [1.54, 1.807) is 6.21 Å². The molecule has 1 heterocycles. The van der Waals surface area contributed by atoms with Crippen molar-refractivity contribution < 1.29 is 4.79 Å². The first kappa shape index (κ1) is 20.3. The Balaban J connectivity index is 1.70. The van der Waals surface area contributed by atoms with E-state index >= 15 is 0 Å². The normalized spacial score (nSPS) is 11.0. The van der Waals surface area contributed by atoms with Gasteiger partial charge in [-0.2, -0.15) is 10.2 Å². The molecular weight excluding hydrogens is 362 g/mol. The van der Waals surface area contributed by atoms with Gasteiger partial charge in [-0.25, -0.2) is 10.1 Å². The number of amides is 1. The Kier molecular flexibility index (Phi) is 6.44. The van der Waals surface area contributed by atoms with E-state index in [-0.39, 0.29) is 5.91 Å². The fourth-order valence-corrected chi connectivity index (χ4v) is 3.29. The molecule has 0 unspecified atom stereocenters. The van der Waals surface area contributed by atoms with Crippen molar-refractivity contribution in [3.8, 4) is 5.69 Å². The molecule has 0 bridgehead atoms. The van der Waals surface area contributed by atoms with E-state index in [0.29, 0.717) is 5.56 Å². The van der Waals surface area contributed by atoms with Gasteiger partial charge in [-0.15, -0.1) is 0 Å². The fourth-order valence-electron chi connectivity index (χ4n) is 3.29. The largest absolute Gasteiger partial charge is 0.372 e. The topological polar surface area (TPSA) is 62.5 Å². The van der Waals surface area contributed by atoms with Crippen molar-refractivity contribution in [3.63, 3.8) is 0 Å². The third-order valence-corrected chi connectivity index (χ3v) is 4.97. The summed E-state index contributed by atoms with van der Waals surface area (Å²) >= 11 is 0. The first-order chi connectivity index (χ1) is 14.0. The molecule has 0 saturated heterocycles. The van der Waals surface area contributed by atoms with Gasteiger partial charge in [-0.3, -0.25) is 4.79 Å². The highest BCUT2D eigenvalue weighted by molar-refractivity contribution is 5.95. The van der Waals surface area contributed by atoms with Gasteiger partial charge in [0.15, 0.2) is 0 Å². The molecule has 6 nitrogen and oxygen atoms in total. The molecule has 0 saturated carbocycles. The zero-order chi connectivity index (χ0) is 20.8. The highest BCUT2D eigenvalue weighted by atomic mass is 16.2. The van der Waals surface area contributed by atoms with E-state index in [9.17, 15) is 4.79 Å². The highest BCUT2D eigenvalue weighted by Crippen LogP contribution is 2.17. The predicted octanol–water partition coefficient (Wildman–Crippen LogP) is 4.10. The third kappa shape index (κ3) is 4.54. The molecule has 3 rings (SSSR count). The van der Waals surface area contributed by atoms with E-state index in [2.05, 4.69) is 34.4 Å². The molecule has 0 fully saturated rings. The van der Waals surface area contributed by atoms with Crippen molar-refractivity contribution in [2.45, 2.75) is 27.7 Å². The van der Waals surface area contributed by atoms with Gasteiger partial charge in [0.05, 0.1) is 23.3 Å². The lowest BCUT2D eigenvalue weighted by molar-refractivity contribution is 0.0955. The van der Waals surface area contributed by atoms with Gasteiger partial charge >= 0.3 is 0 Å². The fraction of sp³-hybridized carbons (Fsp3) is 0.261. The molecule has 0 radical (unpaired) electrons. The molecule has 0 atom stereocenters. The number of hydrazone groups is 1. The highest BCUT2D eigenvalue weighted by Gasteiger charge is 2.11. The van der Waals surface area contributed by atoms with Crippen LogP contribution in [0.25, 0.3) is 5.69 Å². The smallest absolute Gasteiger partial charge is 0.271 e. The van der Waals surface area contributed by atoms with Crippen LogP contribution in [-0.2, 0) is 0 Å². The number of carbonyl (C=O) groups excluding carboxylic acids is 1. The van der Waals surface area contributed by atoms with Gasteiger partial charge in [0.25, 0.3) is 5.91 Å². The Morgan fingerprint density at radius 3 is 2.34 bits per heavy atom. The third-order valence-electron chi connectivity index (χ3n) is 4.97. The van der Waals surface area contributed by atoms with Crippen molar-refractivity contribution in [1.29, 1.82) is 0 Å². The summed E-state index contributed by atoms with van der Waals surface area (Å²) in [7, 11) is 0. The summed E-state index contributed by atoms with van der Waals surface area (Å²) in [6.45, 7) is 10.0. The minimum Gasteiger partial charge on any atom is -0.372 e. The first-order valence-corrected chi connectivity index (χ1v) is 9.85. The number of para-hydroxylation sites is 1. The lowest BCUT2D eigenvalue weighted by Crippen LogP contribution is -2.22. The van der Waals surface area contributed by atoms with E-state index in [0.717, 1.165) is 41.4 Å². The van der Waals surface area contributed by atoms with Gasteiger partial charge in [0.1, 0.15) is 0 Å². The molecule has 1 aromatic heterocycles. The molecule has 0 spiro atoms. The number of hydrogen-bond acceptors (Lipinski definition) is 4. The number of aromatic nitrogens is 2. The van der Waals surface area contributed by atoms with Gasteiger partial charge in [-0.05, 0) is 64.1 Å². The van der Waals surface area contributed by atoms with Gasteiger partial charge in [-0.1, -0.05) is 18.2 Å². The van der Waals surface area contributed by atoms with E-state index in [1.807, 2.05) is 73.1 Å². The van der Waals surface area contributed by atoms with Gasteiger partial charge in [0, 0.05) is 29.9 Å². The first-order valence-electron chi connectivity index (χ1n) is 9.85. The van der Waals surface area contributed by atoms with Crippen LogP contribution < -0.4 is 10.3 Å². The number of nitrogens with one attached hydrogen (secondary N) is 1. The number of anilines is 1. The summed E-state index contributed by atoms with van der Waals surface area (Å²) in [6, 6.07) is 17.5. The maximum Gasteiger partial charge on any atom is 0.271 e. The Labute approximate surface area is 171 Å². The van der Waals surface area contributed by atoms with Gasteiger partial charge in [0.2, 0.25) is 0 Å². The maximum atomic E-state index is 12.4. The predicted molar refractivity (Wildman–Crippen MR) is 118 cm³/mol. The minimum absolute atomic E-state index is 0.238. The van der Waals surface area contributed by atoms with E-state index < -0.39 is 0 Å². The van der Waals surface area contributed by atoms with Crippen LogP contribution in [0.2, 0.25) is 0 Å². The Bertz CT molecular complexity index is 986. The average Bonchev–Trinajstić information content (AvgIpc) is 3.04. The molecule has 0 aliphatic heterocycles. The average molecular weight is 390 g/mol. The Hall–Kier alpha value is -3.41. The van der Waals surface area contributed by atoms with Crippen molar-refractivity contribution in [2.75, 3.05) is 18.0 Å². The summed E-state index contributed by atoms with van der Waals surface area (Å²) in [5.41, 5.74) is 8.00. The molecule has 150 valence electrons. The molecule has 2 aromatic carbocycles. The van der Waals surface area contributed by atoms with E-state index in [1.165, 1.54) is 0 Å². The van der Waals surface area contributed by atoms with Crippen molar-refractivity contribution in [1.82, 2.24) is 15.2 Å². The SMILES string of the molecule is CCN(CC)c1ccc(C(=O)N/N=C\c2c(C)nn(-c3ccccc3)c2C)cc1. The number of carbonyl (C=O) groups is 1. The van der Waals surface area contributed by atoms with Gasteiger partial charge < -0.3 is 4.90 Å². The molecule has 3 aromatic rings. The van der Waals surface area contributed by atoms with Crippen LogP contribution in [0.5, 0.6) is 0 Å². The molecule has 29 heavy (non-hydrogen) atoms. The van der Waals surface area contributed by atoms with Crippen LogP contribution in [0.4, 0.5) is 5.69 Å². The monoisotopic (exact) mass is 389 g/mol. The standard InChI is InChI=1S/C23H27N5O/c1-5-27(6-2)20-14-12-19(13-15-20)23(29)25-24-16-22-17(3)26-28(18(22)4)21-10-8-7-9-11-21/h7-16H,5-6H2,1-4H3,(H,25,29)/b24-16-. The minimum atomic E-state index is -0.238. The second-order valence-corrected chi connectivity index (χ2v) is 6.75. The summed E-state index contributed by atoms with van der Waals surface area (Å²) in [5, 5.41) is 8.73. The zero-order valence-electron chi connectivity index (χ0n) is 17.4. The Morgan fingerprint density at radius 1 is 1.07 bits per heavy atom. The van der Waals surface area contributed by atoms with Crippen LogP contribution in [0.3, 0.4) is 0 Å². The molecule has 6 heteroatoms. The van der Waals surface area contributed by atoms with E-state index in [4.69, 9.17) is 0 Å².